The van der Waals surface area contributed by atoms with Crippen molar-refractivity contribution in [2.75, 3.05) is 33.2 Å². The lowest BCUT2D eigenvalue weighted by Crippen LogP contribution is -2.46. The van der Waals surface area contributed by atoms with Crippen molar-refractivity contribution in [3.05, 3.63) is 0 Å². The van der Waals surface area contributed by atoms with Crippen LogP contribution in [-0.4, -0.2) is 49.1 Å². The number of piperidine rings is 2. The maximum absolute atomic E-state index is 3.33. The van der Waals surface area contributed by atoms with E-state index in [1.165, 1.54) is 51.9 Å². The minimum Gasteiger partial charge on any atom is -0.306 e. The molecule has 2 heteroatoms. The van der Waals surface area contributed by atoms with Gasteiger partial charge in [-0.05, 0) is 65.8 Å². The van der Waals surface area contributed by atoms with Gasteiger partial charge < -0.3 is 9.80 Å². The molecular formula is C14H24N2. The van der Waals surface area contributed by atoms with Crippen molar-refractivity contribution in [2.45, 2.75) is 38.6 Å². The Morgan fingerprint density at radius 1 is 0.938 bits per heavy atom. The van der Waals surface area contributed by atoms with Crippen LogP contribution in [0.3, 0.4) is 0 Å². The Morgan fingerprint density at radius 2 is 1.56 bits per heavy atom. The molecule has 2 heterocycles. The first-order valence-electron chi connectivity index (χ1n) is 6.64. The summed E-state index contributed by atoms with van der Waals surface area (Å²) in [6.07, 6.45) is 5.29. The Kier molecular flexibility index (Phi) is 4.26. The first kappa shape index (κ1) is 12.0. The Labute approximate surface area is 100.0 Å². The van der Waals surface area contributed by atoms with Gasteiger partial charge >= 0.3 is 0 Å². The molecule has 0 aromatic heterocycles. The maximum atomic E-state index is 3.33. The van der Waals surface area contributed by atoms with Gasteiger partial charge in [-0.2, -0.15) is 0 Å². The summed E-state index contributed by atoms with van der Waals surface area (Å²) in [4.78, 5) is 5.16. The molecule has 0 radical (unpaired) electrons. The quantitative estimate of drug-likeness (QED) is 0.622. The summed E-state index contributed by atoms with van der Waals surface area (Å²) in [5.74, 6) is 7.07. The molecule has 0 spiro atoms. The van der Waals surface area contributed by atoms with Gasteiger partial charge in [-0.3, -0.25) is 0 Å². The average molecular weight is 220 g/mol. The van der Waals surface area contributed by atoms with Gasteiger partial charge in [0.25, 0.3) is 0 Å². The van der Waals surface area contributed by atoms with Crippen LogP contribution >= 0.6 is 0 Å². The van der Waals surface area contributed by atoms with Crippen molar-refractivity contribution in [1.29, 1.82) is 0 Å². The molecule has 16 heavy (non-hydrogen) atoms. The van der Waals surface area contributed by atoms with Crippen molar-refractivity contribution in [2.24, 2.45) is 5.92 Å². The van der Waals surface area contributed by atoms with E-state index in [4.69, 9.17) is 0 Å². The molecule has 0 unspecified atom stereocenters. The number of hydrogen-bond acceptors (Lipinski definition) is 2. The van der Waals surface area contributed by atoms with Crippen LogP contribution < -0.4 is 0 Å². The maximum Gasteiger partial charge on any atom is 0.0227 e. The SMILES string of the molecule is CC#CC1CCN(C2CCN(C)CC2)CC1. The van der Waals surface area contributed by atoms with Gasteiger partial charge in [-0.15, -0.1) is 11.8 Å². The lowest BCUT2D eigenvalue weighted by molar-refractivity contribution is 0.0941. The lowest BCUT2D eigenvalue weighted by atomic mass is 9.94. The van der Waals surface area contributed by atoms with Gasteiger partial charge in [0.15, 0.2) is 0 Å². The molecule has 2 fully saturated rings. The standard InChI is InChI=1S/C14H24N2/c1-3-4-13-5-11-16(12-6-13)14-7-9-15(2)10-8-14/h13-14H,5-12H2,1-2H3. The normalized spacial score (nSPS) is 26.4. The molecule has 0 atom stereocenters. The molecule has 90 valence electrons. The largest absolute Gasteiger partial charge is 0.306 e. The Morgan fingerprint density at radius 3 is 2.12 bits per heavy atom. The highest BCUT2D eigenvalue weighted by atomic mass is 15.2. The minimum atomic E-state index is 0.674. The molecule has 0 bridgehead atoms. The molecule has 0 amide bonds. The highest BCUT2D eigenvalue weighted by molar-refractivity contribution is 5.02. The number of likely N-dealkylation sites (tertiary alicyclic amines) is 2. The third kappa shape index (κ3) is 2.99. The zero-order valence-electron chi connectivity index (χ0n) is 10.7. The van der Waals surface area contributed by atoms with Crippen molar-refractivity contribution in [1.82, 2.24) is 9.80 Å². The molecule has 2 nitrogen and oxygen atoms in total. The van der Waals surface area contributed by atoms with Crippen LogP contribution in [0.5, 0.6) is 0 Å². The van der Waals surface area contributed by atoms with Crippen LogP contribution in [0, 0.1) is 17.8 Å². The molecule has 0 saturated carbocycles. The van der Waals surface area contributed by atoms with Crippen LogP contribution in [0.4, 0.5) is 0 Å². The van der Waals surface area contributed by atoms with Crippen LogP contribution in [0.15, 0.2) is 0 Å². The highest BCUT2D eigenvalue weighted by Gasteiger charge is 2.26. The van der Waals surface area contributed by atoms with Crippen LogP contribution in [0.25, 0.3) is 0 Å². The topological polar surface area (TPSA) is 6.48 Å². The fourth-order valence-electron chi connectivity index (χ4n) is 2.97. The van der Waals surface area contributed by atoms with Crippen molar-refractivity contribution >= 4 is 0 Å². The second kappa shape index (κ2) is 5.70. The van der Waals surface area contributed by atoms with Gasteiger partial charge in [0, 0.05) is 12.0 Å². The lowest BCUT2D eigenvalue weighted by Gasteiger charge is -2.40. The summed E-state index contributed by atoms with van der Waals surface area (Å²) >= 11 is 0. The van der Waals surface area contributed by atoms with E-state index >= 15 is 0 Å². The second-order valence-electron chi connectivity index (χ2n) is 5.24. The molecule has 2 saturated heterocycles. The number of hydrogen-bond donors (Lipinski definition) is 0. The predicted molar refractivity (Wildman–Crippen MR) is 68.3 cm³/mol. The zero-order valence-corrected chi connectivity index (χ0v) is 10.7. The third-order valence-corrected chi connectivity index (χ3v) is 4.08. The van der Waals surface area contributed by atoms with E-state index in [9.17, 15) is 0 Å². The molecule has 0 aromatic carbocycles. The molecule has 2 rings (SSSR count). The predicted octanol–water partition coefficient (Wildman–Crippen LogP) is 1.82. The van der Waals surface area contributed by atoms with E-state index in [0.717, 1.165) is 6.04 Å². The molecule has 0 aromatic rings. The Bertz CT molecular complexity index is 260. The van der Waals surface area contributed by atoms with Crippen LogP contribution in [0.2, 0.25) is 0 Å². The monoisotopic (exact) mass is 220 g/mol. The number of rotatable bonds is 1. The average Bonchev–Trinajstić information content (AvgIpc) is 2.32. The van der Waals surface area contributed by atoms with E-state index in [-0.39, 0.29) is 0 Å². The zero-order chi connectivity index (χ0) is 11.4. The van der Waals surface area contributed by atoms with E-state index in [2.05, 4.69) is 28.7 Å². The molecule has 0 N–H and O–H groups in total. The smallest absolute Gasteiger partial charge is 0.0227 e. The van der Waals surface area contributed by atoms with Crippen LogP contribution in [0.1, 0.15) is 32.6 Å². The fourth-order valence-corrected chi connectivity index (χ4v) is 2.97. The summed E-state index contributed by atoms with van der Waals surface area (Å²) in [5, 5.41) is 0. The van der Waals surface area contributed by atoms with Gasteiger partial charge in [-0.1, -0.05) is 0 Å². The first-order valence-corrected chi connectivity index (χ1v) is 6.64. The summed E-state index contributed by atoms with van der Waals surface area (Å²) in [6.45, 7) is 7.06. The van der Waals surface area contributed by atoms with Crippen LogP contribution in [-0.2, 0) is 0 Å². The van der Waals surface area contributed by atoms with E-state index in [1.54, 1.807) is 0 Å². The van der Waals surface area contributed by atoms with Crippen molar-refractivity contribution < 1.29 is 0 Å². The Balaban J connectivity index is 1.77. The minimum absolute atomic E-state index is 0.674. The Hall–Kier alpha value is -0.520. The third-order valence-electron chi connectivity index (χ3n) is 4.08. The van der Waals surface area contributed by atoms with E-state index < -0.39 is 0 Å². The first-order chi connectivity index (χ1) is 7.79. The van der Waals surface area contributed by atoms with Gasteiger partial charge in [0.05, 0.1) is 0 Å². The molecule has 2 aliphatic heterocycles. The van der Waals surface area contributed by atoms with E-state index in [0.29, 0.717) is 5.92 Å². The van der Waals surface area contributed by atoms with E-state index in [1.807, 2.05) is 6.92 Å². The number of nitrogens with zero attached hydrogens (tertiary/aromatic N) is 2. The fraction of sp³-hybridized carbons (Fsp3) is 0.857. The summed E-state index contributed by atoms with van der Waals surface area (Å²) in [5.41, 5.74) is 0. The summed E-state index contributed by atoms with van der Waals surface area (Å²) in [7, 11) is 2.24. The summed E-state index contributed by atoms with van der Waals surface area (Å²) < 4.78 is 0. The van der Waals surface area contributed by atoms with Crippen molar-refractivity contribution in [3.8, 4) is 11.8 Å². The molecule has 0 aliphatic carbocycles. The second-order valence-corrected chi connectivity index (χ2v) is 5.24. The van der Waals surface area contributed by atoms with Crippen molar-refractivity contribution in [3.63, 3.8) is 0 Å². The highest BCUT2D eigenvalue weighted by Crippen LogP contribution is 2.22. The molecular weight excluding hydrogens is 196 g/mol. The van der Waals surface area contributed by atoms with Gasteiger partial charge in [-0.25, -0.2) is 0 Å². The van der Waals surface area contributed by atoms with Gasteiger partial charge in [0.1, 0.15) is 0 Å². The summed E-state index contributed by atoms with van der Waals surface area (Å²) in [6, 6.07) is 0.853. The molecule has 2 aliphatic rings. The van der Waals surface area contributed by atoms with Gasteiger partial charge in [0.2, 0.25) is 0 Å².